The van der Waals surface area contributed by atoms with Crippen molar-refractivity contribution in [1.29, 1.82) is 0 Å². The number of rotatable bonds is 3. The zero-order valence-electron chi connectivity index (χ0n) is 13.2. The minimum atomic E-state index is -0.195. The summed E-state index contributed by atoms with van der Waals surface area (Å²) in [6, 6.07) is 0. The van der Waals surface area contributed by atoms with Crippen molar-refractivity contribution in [2.24, 2.45) is 11.8 Å². The molecule has 2 aliphatic rings. The van der Waals surface area contributed by atoms with E-state index in [1.54, 1.807) is 0 Å². The second-order valence-electron chi connectivity index (χ2n) is 7.94. The SMILES string of the molecule is CC1(C)CC(C(O)CC2CCCCCC2)C(C)(C)O1. The van der Waals surface area contributed by atoms with Crippen LogP contribution in [-0.2, 0) is 4.74 Å². The van der Waals surface area contributed by atoms with Crippen LogP contribution in [0.15, 0.2) is 0 Å². The number of hydrogen-bond acceptors (Lipinski definition) is 2. The van der Waals surface area contributed by atoms with Crippen molar-refractivity contribution < 1.29 is 9.84 Å². The van der Waals surface area contributed by atoms with Crippen molar-refractivity contribution >= 4 is 0 Å². The quantitative estimate of drug-likeness (QED) is 0.773. The molecule has 1 N–H and O–H groups in total. The van der Waals surface area contributed by atoms with Crippen molar-refractivity contribution in [2.75, 3.05) is 0 Å². The zero-order valence-corrected chi connectivity index (χ0v) is 13.2. The molecule has 0 spiro atoms. The highest BCUT2D eigenvalue weighted by molar-refractivity contribution is 4.97. The van der Waals surface area contributed by atoms with Crippen LogP contribution in [0.1, 0.15) is 79.1 Å². The highest BCUT2D eigenvalue weighted by Gasteiger charge is 2.48. The first-order chi connectivity index (χ1) is 8.80. The Morgan fingerprint density at radius 1 is 1.05 bits per heavy atom. The zero-order chi connectivity index (χ0) is 14.1. The van der Waals surface area contributed by atoms with Gasteiger partial charge in [0.1, 0.15) is 0 Å². The van der Waals surface area contributed by atoms with E-state index in [0.717, 1.165) is 18.8 Å². The minimum absolute atomic E-state index is 0.0847. The summed E-state index contributed by atoms with van der Waals surface area (Å²) in [5.74, 6) is 1.02. The molecule has 2 unspecified atom stereocenters. The molecule has 2 atom stereocenters. The van der Waals surface area contributed by atoms with E-state index < -0.39 is 0 Å². The molecule has 2 nitrogen and oxygen atoms in total. The Kier molecular flexibility index (Phi) is 4.62. The van der Waals surface area contributed by atoms with Gasteiger partial charge in [-0.25, -0.2) is 0 Å². The van der Waals surface area contributed by atoms with Gasteiger partial charge in [0, 0.05) is 5.92 Å². The maximum absolute atomic E-state index is 10.7. The van der Waals surface area contributed by atoms with E-state index in [9.17, 15) is 5.11 Å². The van der Waals surface area contributed by atoms with Crippen LogP contribution >= 0.6 is 0 Å². The highest BCUT2D eigenvalue weighted by Crippen LogP contribution is 2.45. The summed E-state index contributed by atoms with van der Waals surface area (Å²) in [7, 11) is 0. The molecule has 0 aromatic carbocycles. The molecule has 0 amide bonds. The van der Waals surface area contributed by atoms with Crippen LogP contribution < -0.4 is 0 Å². The molecule has 2 heteroatoms. The van der Waals surface area contributed by atoms with Crippen LogP contribution in [0.5, 0.6) is 0 Å². The lowest BCUT2D eigenvalue weighted by Gasteiger charge is -2.31. The van der Waals surface area contributed by atoms with Gasteiger partial charge in [0.15, 0.2) is 0 Å². The predicted molar refractivity (Wildman–Crippen MR) is 79.2 cm³/mol. The fourth-order valence-corrected chi connectivity index (χ4v) is 4.31. The fraction of sp³-hybridized carbons (Fsp3) is 1.00. The van der Waals surface area contributed by atoms with E-state index in [4.69, 9.17) is 4.74 Å². The molecular weight excluding hydrogens is 236 g/mol. The lowest BCUT2D eigenvalue weighted by Crippen LogP contribution is -2.37. The minimum Gasteiger partial charge on any atom is -0.393 e. The smallest absolute Gasteiger partial charge is 0.0687 e. The average Bonchev–Trinajstić information content (AvgIpc) is 2.45. The Hall–Kier alpha value is -0.0800. The van der Waals surface area contributed by atoms with Gasteiger partial charge in [0.2, 0.25) is 0 Å². The van der Waals surface area contributed by atoms with E-state index in [0.29, 0.717) is 0 Å². The highest BCUT2D eigenvalue weighted by atomic mass is 16.5. The van der Waals surface area contributed by atoms with E-state index in [2.05, 4.69) is 27.7 Å². The van der Waals surface area contributed by atoms with Gasteiger partial charge in [-0.05, 0) is 46.5 Å². The van der Waals surface area contributed by atoms with Crippen LogP contribution in [0.25, 0.3) is 0 Å². The maximum Gasteiger partial charge on any atom is 0.0687 e. The molecule has 1 aliphatic heterocycles. The largest absolute Gasteiger partial charge is 0.393 e. The van der Waals surface area contributed by atoms with Gasteiger partial charge in [-0.1, -0.05) is 38.5 Å². The summed E-state index contributed by atoms with van der Waals surface area (Å²) in [4.78, 5) is 0. The number of aliphatic hydroxyl groups excluding tert-OH is 1. The second kappa shape index (κ2) is 5.73. The van der Waals surface area contributed by atoms with Gasteiger partial charge >= 0.3 is 0 Å². The van der Waals surface area contributed by atoms with E-state index in [1.807, 2.05) is 0 Å². The van der Waals surface area contributed by atoms with Gasteiger partial charge in [-0.2, -0.15) is 0 Å². The van der Waals surface area contributed by atoms with Crippen molar-refractivity contribution in [3.63, 3.8) is 0 Å². The summed E-state index contributed by atoms with van der Waals surface area (Å²) < 4.78 is 6.12. The van der Waals surface area contributed by atoms with E-state index >= 15 is 0 Å². The Morgan fingerprint density at radius 2 is 1.63 bits per heavy atom. The maximum atomic E-state index is 10.7. The Morgan fingerprint density at radius 3 is 2.11 bits per heavy atom. The van der Waals surface area contributed by atoms with Crippen LogP contribution in [-0.4, -0.2) is 22.4 Å². The first kappa shape index (κ1) is 15.3. The Bertz CT molecular complexity index is 288. The molecule has 0 radical (unpaired) electrons. The van der Waals surface area contributed by atoms with E-state index in [-0.39, 0.29) is 23.2 Å². The third-order valence-corrected chi connectivity index (χ3v) is 5.16. The van der Waals surface area contributed by atoms with Gasteiger partial charge in [-0.3, -0.25) is 0 Å². The Balaban J connectivity index is 1.93. The molecule has 19 heavy (non-hydrogen) atoms. The van der Waals surface area contributed by atoms with E-state index in [1.165, 1.54) is 38.5 Å². The molecular formula is C17H32O2. The predicted octanol–water partition coefficient (Wildman–Crippen LogP) is 4.30. The van der Waals surface area contributed by atoms with Crippen molar-refractivity contribution in [2.45, 2.75) is 96.4 Å². The molecule has 1 heterocycles. The fourth-order valence-electron chi connectivity index (χ4n) is 4.31. The summed E-state index contributed by atoms with van der Waals surface area (Å²) in [6.45, 7) is 8.58. The first-order valence-corrected chi connectivity index (χ1v) is 8.18. The molecule has 1 saturated heterocycles. The molecule has 2 fully saturated rings. The van der Waals surface area contributed by atoms with Gasteiger partial charge in [0.05, 0.1) is 17.3 Å². The van der Waals surface area contributed by atoms with Gasteiger partial charge in [0.25, 0.3) is 0 Å². The summed E-state index contributed by atoms with van der Waals surface area (Å²) in [6.07, 6.45) is 9.88. The molecule has 0 aromatic rings. The van der Waals surface area contributed by atoms with Gasteiger partial charge in [-0.15, -0.1) is 0 Å². The number of aliphatic hydroxyl groups is 1. The molecule has 0 bridgehead atoms. The van der Waals surface area contributed by atoms with Crippen molar-refractivity contribution in [1.82, 2.24) is 0 Å². The monoisotopic (exact) mass is 268 g/mol. The molecule has 1 saturated carbocycles. The average molecular weight is 268 g/mol. The van der Waals surface area contributed by atoms with Gasteiger partial charge < -0.3 is 9.84 Å². The molecule has 2 rings (SSSR count). The molecule has 1 aliphatic carbocycles. The normalized spacial score (nSPS) is 33.0. The number of hydrogen-bond donors (Lipinski definition) is 1. The second-order valence-corrected chi connectivity index (χ2v) is 7.94. The molecule has 112 valence electrons. The molecule has 0 aromatic heterocycles. The summed E-state index contributed by atoms with van der Waals surface area (Å²) in [5.41, 5.74) is -0.272. The van der Waals surface area contributed by atoms with Crippen molar-refractivity contribution in [3.05, 3.63) is 0 Å². The Labute approximate surface area is 118 Å². The van der Waals surface area contributed by atoms with Crippen LogP contribution in [0, 0.1) is 11.8 Å². The summed E-state index contributed by atoms with van der Waals surface area (Å²) >= 11 is 0. The third-order valence-electron chi connectivity index (χ3n) is 5.16. The van der Waals surface area contributed by atoms with Crippen LogP contribution in [0.3, 0.4) is 0 Å². The third kappa shape index (κ3) is 3.95. The number of ether oxygens (including phenoxy) is 1. The standard InChI is InChI=1S/C17H32O2/c1-16(2)12-14(17(3,4)19-16)15(18)11-13-9-7-5-6-8-10-13/h13-15,18H,5-12H2,1-4H3. The van der Waals surface area contributed by atoms with Crippen LogP contribution in [0.4, 0.5) is 0 Å². The lowest BCUT2D eigenvalue weighted by atomic mass is 9.79. The summed E-state index contributed by atoms with van der Waals surface area (Å²) in [5, 5.41) is 10.7. The van der Waals surface area contributed by atoms with Crippen molar-refractivity contribution in [3.8, 4) is 0 Å². The lowest BCUT2D eigenvalue weighted by molar-refractivity contribution is -0.0894. The first-order valence-electron chi connectivity index (χ1n) is 8.18. The topological polar surface area (TPSA) is 29.5 Å². The van der Waals surface area contributed by atoms with Crippen LogP contribution in [0.2, 0.25) is 0 Å².